The van der Waals surface area contributed by atoms with Crippen molar-refractivity contribution >= 4 is 63.2 Å². The second-order valence-corrected chi connectivity index (χ2v) is 12.0. The zero-order chi connectivity index (χ0) is 26.9. The number of hydrogen-bond acceptors (Lipinski definition) is 7. The van der Waals surface area contributed by atoms with Crippen LogP contribution in [0.25, 0.3) is 21.9 Å². The van der Waals surface area contributed by atoms with Gasteiger partial charge in [-0.25, -0.2) is 0 Å². The summed E-state index contributed by atoms with van der Waals surface area (Å²) < 4.78 is 25.7. The van der Waals surface area contributed by atoms with Crippen LogP contribution in [-0.4, -0.2) is 34.7 Å². The minimum atomic E-state index is -3.53. The third-order valence-electron chi connectivity index (χ3n) is 6.54. The Hall–Kier alpha value is -4.79. The molecule has 0 aliphatic carbocycles. The van der Waals surface area contributed by atoms with Crippen molar-refractivity contribution < 1.29 is 15.0 Å². The third-order valence-corrected chi connectivity index (χ3v) is 9.34. The number of furan rings is 1. The van der Waals surface area contributed by atoms with Gasteiger partial charge in [-0.15, -0.1) is 0 Å². The van der Waals surface area contributed by atoms with Gasteiger partial charge in [0.1, 0.15) is 0 Å². The SMILES string of the molecule is Cc1ccc2cccc([O][Ga]3[O]c4ccccc4C=Nc4oc5ccccc5c4N=Cc4ccccc4[O]3)c2n1. The molecule has 0 spiro atoms. The van der Waals surface area contributed by atoms with Gasteiger partial charge in [-0.05, 0) is 0 Å². The monoisotopic (exact) mass is 581 g/mol. The van der Waals surface area contributed by atoms with Crippen LogP contribution in [0, 0.1) is 6.92 Å². The van der Waals surface area contributed by atoms with Crippen LogP contribution in [0.1, 0.15) is 16.8 Å². The summed E-state index contributed by atoms with van der Waals surface area (Å²) in [6.45, 7) is 1.96. The van der Waals surface area contributed by atoms with Crippen LogP contribution in [0.15, 0.2) is 118 Å². The second-order valence-electron chi connectivity index (χ2n) is 9.27. The molecule has 6 aromatic rings. The van der Waals surface area contributed by atoms with E-state index in [9.17, 15) is 0 Å². The standard InChI is InChI=1S/C22H16N2O3.C10H9NO.Ga/c25-18-10-4-1-7-15(18)13-23-21-17-9-3-6-12-20(17)27-22(21)24-14-16-8-2-5-11-19(16)26;1-7-5-6-8-3-2-4-9(12)10(8)11-7;/h1-14,25-26H;2-6,12H,1H3;/q;;+3/p-3. The summed E-state index contributed by atoms with van der Waals surface area (Å²) >= 11 is -3.53. The van der Waals surface area contributed by atoms with Crippen molar-refractivity contribution in [2.45, 2.75) is 6.92 Å². The summed E-state index contributed by atoms with van der Waals surface area (Å²) in [5.41, 5.74) is 4.57. The van der Waals surface area contributed by atoms with E-state index in [1.165, 1.54) is 0 Å². The number of rotatable bonds is 2. The van der Waals surface area contributed by atoms with E-state index in [1.807, 2.05) is 110 Å². The number of aliphatic imine (C=N–C) groups is 2. The Labute approximate surface area is 236 Å². The number of pyridine rings is 1. The molecule has 0 N–H and O–H groups in total. The molecule has 2 aromatic heterocycles. The molecule has 7 rings (SSSR count). The molecule has 0 bridgehead atoms. The minimum absolute atomic E-state index is 0.413. The molecule has 0 saturated heterocycles. The van der Waals surface area contributed by atoms with Crippen molar-refractivity contribution in [2.75, 3.05) is 0 Å². The topological polar surface area (TPSA) is 78.4 Å². The van der Waals surface area contributed by atoms with Crippen LogP contribution in [0.3, 0.4) is 0 Å². The maximum atomic E-state index is 6.56. The van der Waals surface area contributed by atoms with E-state index in [1.54, 1.807) is 12.4 Å². The predicted molar refractivity (Wildman–Crippen MR) is 158 cm³/mol. The molecule has 3 heterocycles. The summed E-state index contributed by atoms with van der Waals surface area (Å²) in [4.78, 5) is 14.2. The first kappa shape index (κ1) is 24.3. The van der Waals surface area contributed by atoms with E-state index in [0.717, 1.165) is 33.1 Å². The van der Waals surface area contributed by atoms with E-state index in [4.69, 9.17) is 25.0 Å². The van der Waals surface area contributed by atoms with Gasteiger partial charge in [-0.1, -0.05) is 0 Å². The van der Waals surface area contributed by atoms with Gasteiger partial charge in [0.25, 0.3) is 0 Å². The van der Waals surface area contributed by atoms with Gasteiger partial charge in [0.15, 0.2) is 0 Å². The Morgan fingerprint density at radius 2 is 1.38 bits per heavy atom. The first-order valence-electron chi connectivity index (χ1n) is 12.9. The zero-order valence-corrected chi connectivity index (χ0v) is 23.9. The summed E-state index contributed by atoms with van der Waals surface area (Å²) in [5.74, 6) is 2.26. The first-order chi connectivity index (χ1) is 19.7. The second kappa shape index (κ2) is 10.4. The number of para-hydroxylation sites is 4. The maximum absolute atomic E-state index is 6.56. The third kappa shape index (κ3) is 4.74. The quantitative estimate of drug-likeness (QED) is 0.196. The number of fused-ring (bicyclic) bond motifs is 6. The van der Waals surface area contributed by atoms with Crippen LogP contribution in [-0.2, 0) is 0 Å². The average Bonchev–Trinajstić information content (AvgIpc) is 3.33. The molecular formula is C32H22GaN3O4. The van der Waals surface area contributed by atoms with Crippen molar-refractivity contribution in [1.29, 1.82) is 0 Å². The molecule has 1 aliphatic rings. The van der Waals surface area contributed by atoms with E-state index < -0.39 is 17.3 Å². The van der Waals surface area contributed by atoms with E-state index in [0.29, 0.717) is 34.4 Å². The van der Waals surface area contributed by atoms with Crippen LogP contribution in [0.5, 0.6) is 17.2 Å². The normalized spacial score (nSPS) is 12.8. The number of benzene rings is 4. The molecule has 1 aliphatic heterocycles. The molecule has 7 nitrogen and oxygen atoms in total. The number of hydrogen-bond donors (Lipinski definition) is 0. The fraction of sp³-hybridized carbons (Fsp3) is 0.0312. The van der Waals surface area contributed by atoms with E-state index in [-0.39, 0.29) is 0 Å². The number of aryl methyl sites for hydroxylation is 1. The Balaban J connectivity index is 1.37. The Morgan fingerprint density at radius 3 is 2.17 bits per heavy atom. The molecule has 0 unspecified atom stereocenters. The Bertz CT molecular complexity index is 1930. The predicted octanol–water partition coefficient (Wildman–Crippen LogP) is 7.63. The van der Waals surface area contributed by atoms with E-state index in [2.05, 4.69) is 4.99 Å². The molecule has 192 valence electrons. The summed E-state index contributed by atoms with van der Waals surface area (Å²) in [7, 11) is 0. The van der Waals surface area contributed by atoms with Gasteiger partial charge in [0.2, 0.25) is 0 Å². The summed E-state index contributed by atoms with van der Waals surface area (Å²) in [5, 5.41) is 1.86. The van der Waals surface area contributed by atoms with Gasteiger partial charge >= 0.3 is 237 Å². The summed E-state index contributed by atoms with van der Waals surface area (Å²) in [6, 6.07) is 33.0. The molecule has 4 aromatic carbocycles. The Morgan fingerprint density at radius 1 is 0.675 bits per heavy atom. The van der Waals surface area contributed by atoms with Gasteiger partial charge in [-0.2, -0.15) is 0 Å². The Kier molecular flexibility index (Phi) is 6.31. The van der Waals surface area contributed by atoms with Gasteiger partial charge in [-0.3, -0.25) is 0 Å². The molecule has 0 fully saturated rings. The fourth-order valence-corrected chi connectivity index (χ4v) is 7.49. The van der Waals surface area contributed by atoms with Crippen molar-refractivity contribution in [2.24, 2.45) is 9.98 Å². The molecule has 0 atom stereocenters. The van der Waals surface area contributed by atoms with Crippen molar-refractivity contribution in [3.05, 3.63) is 120 Å². The van der Waals surface area contributed by atoms with Crippen molar-refractivity contribution in [3.63, 3.8) is 0 Å². The van der Waals surface area contributed by atoms with Gasteiger partial charge in [0, 0.05) is 0 Å². The molecule has 40 heavy (non-hydrogen) atoms. The van der Waals surface area contributed by atoms with Crippen molar-refractivity contribution in [3.8, 4) is 17.2 Å². The van der Waals surface area contributed by atoms with Crippen LogP contribution in [0.2, 0.25) is 0 Å². The molecule has 8 heteroatoms. The van der Waals surface area contributed by atoms with Crippen LogP contribution < -0.4 is 10.6 Å². The molecule has 0 saturated carbocycles. The molecule has 0 amide bonds. The molecular weight excluding hydrogens is 560 g/mol. The fourth-order valence-electron chi connectivity index (χ4n) is 4.58. The number of aromatic nitrogens is 1. The van der Waals surface area contributed by atoms with Crippen LogP contribution in [0.4, 0.5) is 11.6 Å². The number of nitrogens with zero attached hydrogens (tertiary/aromatic N) is 3. The van der Waals surface area contributed by atoms with Gasteiger partial charge < -0.3 is 0 Å². The first-order valence-corrected chi connectivity index (χ1v) is 15.8. The zero-order valence-electron chi connectivity index (χ0n) is 21.5. The summed E-state index contributed by atoms with van der Waals surface area (Å²) in [6.07, 6.45) is 3.48. The van der Waals surface area contributed by atoms with Gasteiger partial charge in [0.05, 0.1) is 0 Å². The molecule has 0 radical (unpaired) electrons. The average molecular weight is 582 g/mol. The van der Waals surface area contributed by atoms with Crippen molar-refractivity contribution in [1.82, 2.24) is 4.98 Å². The van der Waals surface area contributed by atoms with Crippen LogP contribution >= 0.6 is 0 Å². The van der Waals surface area contributed by atoms with E-state index >= 15 is 0 Å².